The number of thioether (sulfide) groups is 1. The third kappa shape index (κ3) is 3.55. The number of nitrogens with zero attached hydrogens (tertiary/aromatic N) is 1. The molecule has 0 saturated heterocycles. The zero-order chi connectivity index (χ0) is 14.7. The Balaban J connectivity index is 2.14. The van der Waals surface area contributed by atoms with Crippen molar-refractivity contribution in [1.29, 1.82) is 0 Å². The highest BCUT2D eigenvalue weighted by Crippen LogP contribution is 2.39. The van der Waals surface area contributed by atoms with E-state index in [9.17, 15) is 9.59 Å². The van der Waals surface area contributed by atoms with Gasteiger partial charge >= 0.3 is 5.97 Å². The average Bonchev–Trinajstić information content (AvgIpc) is 2.38. The number of rotatable bonds is 4. The Labute approximate surface area is 130 Å². The first-order chi connectivity index (χ1) is 9.49. The van der Waals surface area contributed by atoms with E-state index in [0.717, 1.165) is 20.8 Å². The van der Waals surface area contributed by atoms with Crippen molar-refractivity contribution in [2.45, 2.75) is 37.1 Å². The lowest BCUT2D eigenvalue weighted by atomic mass is 10.1. The summed E-state index contributed by atoms with van der Waals surface area (Å²) >= 11 is 5.18. The summed E-state index contributed by atoms with van der Waals surface area (Å²) in [5, 5.41) is 8.64. The summed E-state index contributed by atoms with van der Waals surface area (Å²) in [6.45, 7) is 2.02. The van der Waals surface area contributed by atoms with Crippen LogP contribution >= 0.6 is 27.7 Å². The van der Waals surface area contributed by atoms with Gasteiger partial charge < -0.3 is 10.0 Å². The van der Waals surface area contributed by atoms with Crippen LogP contribution in [0.25, 0.3) is 0 Å². The first-order valence-corrected chi connectivity index (χ1v) is 8.23. The van der Waals surface area contributed by atoms with Gasteiger partial charge in [0, 0.05) is 34.0 Å². The predicted molar refractivity (Wildman–Crippen MR) is 83.3 cm³/mol. The van der Waals surface area contributed by atoms with Crippen LogP contribution in [0.1, 0.15) is 26.2 Å². The van der Waals surface area contributed by atoms with Gasteiger partial charge in [0.1, 0.15) is 0 Å². The quantitative estimate of drug-likeness (QED) is 0.895. The standard InChI is InChI=1S/C14H16BrNO3S/c1-9-8-20-12-7-10(15)5-6-11(12)16(9)13(17)3-2-4-14(18)19/h5-7,9H,2-4,8H2,1H3,(H,18,19). The van der Waals surface area contributed by atoms with E-state index in [-0.39, 0.29) is 24.8 Å². The summed E-state index contributed by atoms with van der Waals surface area (Å²) < 4.78 is 0.997. The molecule has 0 spiro atoms. The number of halogens is 1. The Morgan fingerprint density at radius 3 is 2.90 bits per heavy atom. The maximum absolute atomic E-state index is 12.3. The summed E-state index contributed by atoms with van der Waals surface area (Å²) in [4.78, 5) is 25.8. The number of carboxylic acids is 1. The molecule has 4 nitrogen and oxygen atoms in total. The Bertz CT molecular complexity index is 535. The topological polar surface area (TPSA) is 57.6 Å². The van der Waals surface area contributed by atoms with Crippen molar-refractivity contribution in [3.63, 3.8) is 0 Å². The molecule has 1 aliphatic heterocycles. The van der Waals surface area contributed by atoms with Gasteiger partial charge in [-0.05, 0) is 31.5 Å². The molecule has 108 valence electrons. The Morgan fingerprint density at radius 1 is 1.45 bits per heavy atom. The molecule has 0 aromatic heterocycles. The van der Waals surface area contributed by atoms with E-state index in [1.807, 2.05) is 25.1 Å². The molecule has 2 rings (SSSR count). The summed E-state index contributed by atoms with van der Waals surface area (Å²) in [5.74, 6) is 0.000653. The molecular weight excluding hydrogens is 342 g/mol. The van der Waals surface area contributed by atoms with Crippen LogP contribution in [0.3, 0.4) is 0 Å². The van der Waals surface area contributed by atoms with Crippen molar-refractivity contribution in [1.82, 2.24) is 0 Å². The van der Waals surface area contributed by atoms with E-state index in [0.29, 0.717) is 6.42 Å². The lowest BCUT2D eigenvalue weighted by Gasteiger charge is -2.35. The zero-order valence-electron chi connectivity index (χ0n) is 11.1. The van der Waals surface area contributed by atoms with Crippen LogP contribution in [0.5, 0.6) is 0 Å². The van der Waals surface area contributed by atoms with Gasteiger partial charge in [0.2, 0.25) is 5.91 Å². The largest absolute Gasteiger partial charge is 0.481 e. The molecule has 0 bridgehead atoms. The molecule has 1 atom stereocenters. The van der Waals surface area contributed by atoms with Crippen molar-refractivity contribution < 1.29 is 14.7 Å². The summed E-state index contributed by atoms with van der Waals surface area (Å²) in [6, 6.07) is 6.02. The lowest BCUT2D eigenvalue weighted by molar-refractivity contribution is -0.137. The molecule has 1 aliphatic rings. The number of carbonyl (C=O) groups excluding carboxylic acids is 1. The molecular formula is C14H16BrNO3S. The van der Waals surface area contributed by atoms with Gasteiger partial charge in [0.05, 0.1) is 5.69 Å². The second kappa shape index (κ2) is 6.63. The van der Waals surface area contributed by atoms with Crippen LogP contribution in [0.4, 0.5) is 5.69 Å². The van der Waals surface area contributed by atoms with Gasteiger partial charge in [0.15, 0.2) is 0 Å². The maximum atomic E-state index is 12.3. The lowest BCUT2D eigenvalue weighted by Crippen LogP contribution is -2.42. The van der Waals surface area contributed by atoms with Crippen LogP contribution < -0.4 is 4.90 Å². The highest BCUT2D eigenvalue weighted by molar-refractivity contribution is 9.10. The van der Waals surface area contributed by atoms with Crippen molar-refractivity contribution in [2.24, 2.45) is 0 Å². The number of carboxylic acid groups (broad SMARTS) is 1. The van der Waals surface area contributed by atoms with E-state index in [4.69, 9.17) is 5.11 Å². The molecule has 1 aromatic carbocycles. The van der Waals surface area contributed by atoms with E-state index in [1.165, 1.54) is 0 Å². The van der Waals surface area contributed by atoms with Crippen LogP contribution in [0.15, 0.2) is 27.6 Å². The molecule has 1 aromatic rings. The molecule has 1 unspecified atom stereocenters. The van der Waals surface area contributed by atoms with Gasteiger partial charge in [-0.15, -0.1) is 11.8 Å². The fourth-order valence-corrected chi connectivity index (χ4v) is 3.82. The molecule has 1 heterocycles. The first-order valence-electron chi connectivity index (χ1n) is 6.45. The number of amides is 1. The summed E-state index contributed by atoms with van der Waals surface area (Å²) in [6.07, 6.45) is 0.698. The van der Waals surface area contributed by atoms with Gasteiger partial charge in [-0.3, -0.25) is 9.59 Å². The van der Waals surface area contributed by atoms with Crippen molar-refractivity contribution >= 4 is 45.3 Å². The van der Waals surface area contributed by atoms with Crippen LogP contribution in [0, 0.1) is 0 Å². The fourth-order valence-electron chi connectivity index (χ4n) is 2.22. The molecule has 0 radical (unpaired) electrons. The highest BCUT2D eigenvalue weighted by atomic mass is 79.9. The van der Waals surface area contributed by atoms with E-state index in [2.05, 4.69) is 15.9 Å². The number of fused-ring (bicyclic) bond motifs is 1. The molecule has 6 heteroatoms. The molecule has 0 saturated carbocycles. The second-order valence-corrected chi connectivity index (χ2v) is 6.76. The molecule has 0 aliphatic carbocycles. The SMILES string of the molecule is CC1CSc2cc(Br)ccc2N1C(=O)CCCC(=O)O. The van der Waals surface area contributed by atoms with Crippen molar-refractivity contribution in [2.75, 3.05) is 10.7 Å². The van der Waals surface area contributed by atoms with Gasteiger partial charge in [-0.1, -0.05) is 15.9 Å². The van der Waals surface area contributed by atoms with Gasteiger partial charge in [-0.2, -0.15) is 0 Å². The predicted octanol–water partition coefficient (Wildman–Crippen LogP) is 3.53. The number of carbonyl (C=O) groups is 2. The van der Waals surface area contributed by atoms with Crippen LogP contribution in [0.2, 0.25) is 0 Å². The first kappa shape index (κ1) is 15.4. The number of aliphatic carboxylic acids is 1. The van der Waals surface area contributed by atoms with E-state index < -0.39 is 5.97 Å². The minimum absolute atomic E-state index is 0.00243. The van der Waals surface area contributed by atoms with Crippen LogP contribution in [-0.2, 0) is 9.59 Å². The molecule has 1 N–H and O–H groups in total. The van der Waals surface area contributed by atoms with Gasteiger partial charge in [-0.25, -0.2) is 0 Å². The fraction of sp³-hybridized carbons (Fsp3) is 0.429. The number of benzene rings is 1. The Morgan fingerprint density at radius 2 is 2.20 bits per heavy atom. The normalized spacial score (nSPS) is 17.7. The molecule has 1 amide bonds. The maximum Gasteiger partial charge on any atom is 0.303 e. The smallest absolute Gasteiger partial charge is 0.303 e. The Hall–Kier alpha value is -1.01. The van der Waals surface area contributed by atoms with E-state index in [1.54, 1.807) is 16.7 Å². The Kier molecular flexibility index (Phi) is 5.10. The minimum atomic E-state index is -0.857. The molecule has 0 fully saturated rings. The third-order valence-corrected chi connectivity index (χ3v) is 4.93. The zero-order valence-corrected chi connectivity index (χ0v) is 13.5. The van der Waals surface area contributed by atoms with Crippen molar-refractivity contribution in [3.8, 4) is 0 Å². The van der Waals surface area contributed by atoms with Crippen LogP contribution in [-0.4, -0.2) is 28.8 Å². The minimum Gasteiger partial charge on any atom is -0.481 e. The second-order valence-electron chi connectivity index (χ2n) is 4.78. The van der Waals surface area contributed by atoms with E-state index >= 15 is 0 Å². The van der Waals surface area contributed by atoms with Gasteiger partial charge in [0.25, 0.3) is 0 Å². The number of hydrogen-bond acceptors (Lipinski definition) is 3. The third-order valence-electron chi connectivity index (χ3n) is 3.15. The molecule has 20 heavy (non-hydrogen) atoms. The average molecular weight is 358 g/mol. The van der Waals surface area contributed by atoms with Crippen molar-refractivity contribution in [3.05, 3.63) is 22.7 Å². The monoisotopic (exact) mass is 357 g/mol. The number of anilines is 1. The summed E-state index contributed by atoms with van der Waals surface area (Å²) in [7, 11) is 0. The summed E-state index contributed by atoms with van der Waals surface area (Å²) in [5.41, 5.74) is 0.928. The highest BCUT2D eigenvalue weighted by Gasteiger charge is 2.28. The number of hydrogen-bond donors (Lipinski definition) is 1.